The van der Waals surface area contributed by atoms with E-state index in [2.05, 4.69) is 4.98 Å². The highest BCUT2D eigenvalue weighted by molar-refractivity contribution is 6.31. The summed E-state index contributed by atoms with van der Waals surface area (Å²) in [7, 11) is 1.62. The Morgan fingerprint density at radius 1 is 1.04 bits per heavy atom. The Balaban J connectivity index is 1.74. The van der Waals surface area contributed by atoms with Crippen molar-refractivity contribution < 1.29 is 9.47 Å². The monoisotopic (exact) mass is 390 g/mol. The van der Waals surface area contributed by atoms with Crippen LogP contribution in [0, 0.1) is 0 Å². The first kappa shape index (κ1) is 18.6. The van der Waals surface area contributed by atoms with Crippen molar-refractivity contribution in [1.29, 1.82) is 0 Å². The van der Waals surface area contributed by atoms with Gasteiger partial charge in [0.1, 0.15) is 6.10 Å². The summed E-state index contributed by atoms with van der Waals surface area (Å²) in [4.78, 5) is 4.11. The fourth-order valence-electron chi connectivity index (χ4n) is 2.72. The lowest BCUT2D eigenvalue weighted by molar-refractivity contribution is 0.164. The standard InChI is InChI=1S/C20H20Cl2N2O2/c1-25-19-9-7-17(22)12-20(19)26-18(13-24-11-10-23-14-24)8-4-15-2-5-16(21)6-3-15/h2-3,5-7,9-12,14,18H,4,8,13H2,1H3. The first-order chi connectivity index (χ1) is 12.6. The number of benzene rings is 2. The molecule has 1 heterocycles. The summed E-state index contributed by atoms with van der Waals surface area (Å²) >= 11 is 12.1. The Hall–Kier alpha value is -2.17. The minimum Gasteiger partial charge on any atom is -0.493 e. The maximum Gasteiger partial charge on any atom is 0.163 e. The van der Waals surface area contributed by atoms with Gasteiger partial charge in [-0.05, 0) is 42.7 Å². The van der Waals surface area contributed by atoms with Crippen LogP contribution in [0.15, 0.2) is 61.2 Å². The van der Waals surface area contributed by atoms with Crippen molar-refractivity contribution in [2.24, 2.45) is 0 Å². The van der Waals surface area contributed by atoms with E-state index in [9.17, 15) is 0 Å². The molecule has 1 aromatic heterocycles. The number of nitrogens with zero attached hydrogens (tertiary/aromatic N) is 2. The van der Waals surface area contributed by atoms with Crippen LogP contribution in [0.4, 0.5) is 0 Å². The van der Waals surface area contributed by atoms with Crippen molar-refractivity contribution in [3.05, 3.63) is 76.8 Å². The van der Waals surface area contributed by atoms with E-state index in [1.807, 2.05) is 41.1 Å². The molecule has 3 rings (SSSR count). The topological polar surface area (TPSA) is 36.3 Å². The number of imidazole rings is 1. The molecule has 0 aliphatic carbocycles. The molecule has 0 aliphatic heterocycles. The Bertz CT molecular complexity index is 820. The lowest BCUT2D eigenvalue weighted by Crippen LogP contribution is -2.23. The minimum atomic E-state index is -0.0627. The van der Waals surface area contributed by atoms with E-state index in [4.69, 9.17) is 32.7 Å². The highest BCUT2D eigenvalue weighted by Gasteiger charge is 2.15. The Kier molecular flexibility index (Phi) is 6.42. The maximum absolute atomic E-state index is 6.25. The van der Waals surface area contributed by atoms with Gasteiger partial charge in [-0.3, -0.25) is 0 Å². The first-order valence-electron chi connectivity index (χ1n) is 8.34. The molecule has 0 bridgehead atoms. The summed E-state index contributed by atoms with van der Waals surface area (Å²) in [6.45, 7) is 0.684. The van der Waals surface area contributed by atoms with Crippen molar-refractivity contribution in [2.45, 2.75) is 25.5 Å². The van der Waals surface area contributed by atoms with Crippen molar-refractivity contribution in [2.75, 3.05) is 7.11 Å². The number of hydrogen-bond acceptors (Lipinski definition) is 3. The van der Waals surface area contributed by atoms with Gasteiger partial charge in [0.05, 0.1) is 20.0 Å². The van der Waals surface area contributed by atoms with Gasteiger partial charge in [-0.25, -0.2) is 4.98 Å². The van der Waals surface area contributed by atoms with Gasteiger partial charge in [-0.2, -0.15) is 0 Å². The molecule has 0 N–H and O–H groups in total. The highest BCUT2D eigenvalue weighted by atomic mass is 35.5. The fourth-order valence-corrected chi connectivity index (χ4v) is 3.01. The molecular formula is C20H20Cl2N2O2. The lowest BCUT2D eigenvalue weighted by atomic mass is 10.1. The van der Waals surface area contributed by atoms with Gasteiger partial charge in [0.25, 0.3) is 0 Å². The number of ether oxygens (including phenoxy) is 2. The van der Waals surface area contributed by atoms with E-state index < -0.39 is 0 Å². The number of methoxy groups -OCH3 is 1. The van der Waals surface area contributed by atoms with Crippen molar-refractivity contribution in [3.8, 4) is 11.5 Å². The second-order valence-corrected chi connectivity index (χ2v) is 6.83. The van der Waals surface area contributed by atoms with Crippen LogP contribution < -0.4 is 9.47 Å². The largest absolute Gasteiger partial charge is 0.493 e. The number of hydrogen-bond donors (Lipinski definition) is 0. The number of halogens is 2. The third-order valence-corrected chi connectivity index (χ3v) is 4.55. The van der Waals surface area contributed by atoms with Gasteiger partial charge in [-0.15, -0.1) is 0 Å². The van der Waals surface area contributed by atoms with E-state index in [1.165, 1.54) is 5.56 Å². The molecule has 0 saturated heterocycles. The van der Waals surface area contributed by atoms with Crippen LogP contribution in [0.1, 0.15) is 12.0 Å². The zero-order valence-corrected chi connectivity index (χ0v) is 16.0. The quantitative estimate of drug-likeness (QED) is 0.524. The molecule has 26 heavy (non-hydrogen) atoms. The highest BCUT2D eigenvalue weighted by Crippen LogP contribution is 2.31. The van der Waals surface area contributed by atoms with Crippen LogP contribution in [0.2, 0.25) is 10.0 Å². The van der Waals surface area contributed by atoms with Gasteiger partial charge in [0, 0.05) is 28.5 Å². The molecule has 0 spiro atoms. The molecule has 1 atom stereocenters. The zero-order chi connectivity index (χ0) is 18.4. The van der Waals surface area contributed by atoms with Gasteiger partial charge in [0.2, 0.25) is 0 Å². The SMILES string of the molecule is COc1ccc(Cl)cc1OC(CCc1ccc(Cl)cc1)Cn1ccnc1. The van der Waals surface area contributed by atoms with Crippen molar-refractivity contribution in [1.82, 2.24) is 9.55 Å². The van der Waals surface area contributed by atoms with Crippen LogP contribution in [0.5, 0.6) is 11.5 Å². The van der Waals surface area contributed by atoms with Crippen LogP contribution in [0.3, 0.4) is 0 Å². The molecule has 0 radical (unpaired) electrons. The summed E-state index contributed by atoms with van der Waals surface area (Å²) in [5.41, 5.74) is 1.21. The predicted octanol–water partition coefficient (Wildman–Crippen LogP) is 5.28. The van der Waals surface area contributed by atoms with E-state index in [0.29, 0.717) is 23.1 Å². The van der Waals surface area contributed by atoms with E-state index >= 15 is 0 Å². The summed E-state index contributed by atoms with van der Waals surface area (Å²) in [6.07, 6.45) is 7.11. The molecule has 0 fully saturated rings. The number of aryl methyl sites for hydroxylation is 1. The van der Waals surface area contributed by atoms with Crippen LogP contribution in [0.25, 0.3) is 0 Å². The van der Waals surface area contributed by atoms with Crippen LogP contribution in [-0.2, 0) is 13.0 Å². The van der Waals surface area contributed by atoms with E-state index in [0.717, 1.165) is 17.9 Å². The number of rotatable bonds is 8. The van der Waals surface area contributed by atoms with E-state index in [-0.39, 0.29) is 6.10 Å². The van der Waals surface area contributed by atoms with E-state index in [1.54, 1.807) is 31.8 Å². The Morgan fingerprint density at radius 3 is 2.50 bits per heavy atom. The molecule has 2 aromatic carbocycles. The summed E-state index contributed by atoms with van der Waals surface area (Å²) < 4.78 is 13.7. The Labute approximate surface area is 163 Å². The van der Waals surface area contributed by atoms with Gasteiger partial charge in [0.15, 0.2) is 11.5 Å². The molecule has 4 nitrogen and oxygen atoms in total. The fraction of sp³-hybridized carbons (Fsp3) is 0.250. The zero-order valence-electron chi connectivity index (χ0n) is 14.4. The van der Waals surface area contributed by atoms with Crippen molar-refractivity contribution in [3.63, 3.8) is 0 Å². The number of aromatic nitrogens is 2. The van der Waals surface area contributed by atoms with Gasteiger partial charge in [-0.1, -0.05) is 35.3 Å². The van der Waals surface area contributed by atoms with Crippen molar-refractivity contribution >= 4 is 23.2 Å². The molecule has 0 aliphatic rings. The second-order valence-electron chi connectivity index (χ2n) is 5.96. The minimum absolute atomic E-state index is 0.0627. The van der Waals surface area contributed by atoms with Gasteiger partial charge >= 0.3 is 0 Å². The molecule has 6 heteroatoms. The summed E-state index contributed by atoms with van der Waals surface area (Å²) in [5.74, 6) is 1.30. The van der Waals surface area contributed by atoms with Crippen LogP contribution >= 0.6 is 23.2 Å². The average Bonchev–Trinajstić information content (AvgIpc) is 3.14. The molecule has 3 aromatic rings. The molecule has 1 unspecified atom stereocenters. The van der Waals surface area contributed by atoms with Crippen LogP contribution in [-0.4, -0.2) is 22.8 Å². The lowest BCUT2D eigenvalue weighted by Gasteiger charge is -2.21. The predicted molar refractivity (Wildman–Crippen MR) is 104 cm³/mol. The Morgan fingerprint density at radius 2 is 1.81 bits per heavy atom. The molecule has 136 valence electrons. The molecule has 0 amide bonds. The maximum atomic E-state index is 6.25. The third-order valence-electron chi connectivity index (χ3n) is 4.06. The third kappa shape index (κ3) is 5.16. The molecular weight excluding hydrogens is 371 g/mol. The first-order valence-corrected chi connectivity index (χ1v) is 9.10. The summed E-state index contributed by atoms with van der Waals surface area (Å²) in [5, 5.41) is 1.35. The smallest absolute Gasteiger partial charge is 0.163 e. The van der Waals surface area contributed by atoms with Gasteiger partial charge < -0.3 is 14.0 Å². The normalized spacial score (nSPS) is 12.0. The summed E-state index contributed by atoms with van der Waals surface area (Å²) in [6, 6.07) is 13.3. The molecule has 0 saturated carbocycles. The average molecular weight is 391 g/mol. The second kappa shape index (κ2) is 8.97.